The number of hydrogen-bond donors (Lipinski definition) is 2. The van der Waals surface area contributed by atoms with Gasteiger partial charge >= 0.3 is 0 Å². The smallest absolute Gasteiger partial charge is 0.235 e. The fourth-order valence-corrected chi connectivity index (χ4v) is 3.86. The van der Waals surface area contributed by atoms with Crippen LogP contribution in [0.15, 0.2) is 48.5 Å². The second-order valence-electron chi connectivity index (χ2n) is 7.80. The zero-order chi connectivity index (χ0) is 19.1. The maximum Gasteiger partial charge on any atom is 0.235 e. The summed E-state index contributed by atoms with van der Waals surface area (Å²) in [5.74, 6) is 1.77. The Morgan fingerprint density at radius 2 is 1.93 bits per heavy atom. The van der Waals surface area contributed by atoms with Crippen LogP contribution >= 0.6 is 0 Å². The van der Waals surface area contributed by atoms with Crippen molar-refractivity contribution in [1.29, 1.82) is 0 Å². The standard InChI is InChI=1S/C22H21FN4O/c23-17-4-1-3-16(13-17)22(11-2-12-22)21(28)24-18-9-7-15(8-10-18)20-25-19(26-27-20)14-5-6-14/h1,3-4,7-10,13-14H,2,5-6,11-12H2,(H,24,28)(H,25,26,27). The highest BCUT2D eigenvalue weighted by Crippen LogP contribution is 2.45. The Balaban J connectivity index is 1.33. The minimum atomic E-state index is -0.635. The van der Waals surface area contributed by atoms with Gasteiger partial charge in [-0.2, -0.15) is 5.10 Å². The molecule has 0 unspecified atom stereocenters. The van der Waals surface area contributed by atoms with Gasteiger partial charge in [-0.25, -0.2) is 9.37 Å². The molecular formula is C22H21FN4O. The van der Waals surface area contributed by atoms with E-state index in [-0.39, 0.29) is 11.7 Å². The maximum absolute atomic E-state index is 13.7. The van der Waals surface area contributed by atoms with E-state index in [1.807, 2.05) is 30.3 Å². The minimum Gasteiger partial charge on any atom is -0.325 e. The maximum atomic E-state index is 13.7. The Kier molecular flexibility index (Phi) is 4.00. The summed E-state index contributed by atoms with van der Waals surface area (Å²) < 4.78 is 13.7. The van der Waals surface area contributed by atoms with Gasteiger partial charge in [-0.05, 0) is 67.6 Å². The van der Waals surface area contributed by atoms with Gasteiger partial charge in [0.2, 0.25) is 5.91 Å². The topological polar surface area (TPSA) is 70.7 Å². The zero-order valence-corrected chi connectivity index (χ0v) is 15.4. The summed E-state index contributed by atoms with van der Waals surface area (Å²) in [7, 11) is 0. The van der Waals surface area contributed by atoms with Crippen molar-refractivity contribution >= 4 is 11.6 Å². The Morgan fingerprint density at radius 3 is 2.57 bits per heavy atom. The van der Waals surface area contributed by atoms with Crippen LogP contribution in [0.4, 0.5) is 10.1 Å². The molecule has 3 aromatic rings. The van der Waals surface area contributed by atoms with Crippen LogP contribution in [0.3, 0.4) is 0 Å². The van der Waals surface area contributed by atoms with Crippen molar-refractivity contribution in [3.05, 3.63) is 65.7 Å². The average Bonchev–Trinajstić information content (AvgIpc) is 3.39. The number of aromatic nitrogens is 3. The van der Waals surface area contributed by atoms with Crippen molar-refractivity contribution in [3.8, 4) is 11.4 Å². The third-order valence-electron chi connectivity index (χ3n) is 5.89. The summed E-state index contributed by atoms with van der Waals surface area (Å²) in [5, 5.41) is 10.3. The number of nitrogens with one attached hydrogen (secondary N) is 2. The lowest BCUT2D eigenvalue weighted by Gasteiger charge is -2.40. The Morgan fingerprint density at radius 1 is 1.14 bits per heavy atom. The summed E-state index contributed by atoms with van der Waals surface area (Å²) in [6, 6.07) is 13.9. The summed E-state index contributed by atoms with van der Waals surface area (Å²) in [5.41, 5.74) is 1.74. The zero-order valence-electron chi connectivity index (χ0n) is 15.4. The molecule has 2 N–H and O–H groups in total. The molecule has 1 amide bonds. The Bertz CT molecular complexity index is 1020. The van der Waals surface area contributed by atoms with Gasteiger partial charge in [0.25, 0.3) is 0 Å². The molecule has 2 fully saturated rings. The first-order chi connectivity index (χ1) is 13.6. The first kappa shape index (κ1) is 17.1. The lowest BCUT2D eigenvalue weighted by Crippen LogP contribution is -2.46. The highest BCUT2D eigenvalue weighted by atomic mass is 19.1. The van der Waals surface area contributed by atoms with Crippen LogP contribution < -0.4 is 5.32 Å². The van der Waals surface area contributed by atoms with Crippen LogP contribution in [0.1, 0.15) is 49.4 Å². The lowest BCUT2D eigenvalue weighted by molar-refractivity contribution is -0.124. The third kappa shape index (κ3) is 2.99. The molecule has 0 saturated heterocycles. The normalized spacial score (nSPS) is 17.8. The number of carbonyl (C=O) groups is 1. The first-order valence-corrected chi connectivity index (χ1v) is 9.74. The molecular weight excluding hydrogens is 355 g/mol. The molecule has 0 bridgehead atoms. The predicted molar refractivity (Wildman–Crippen MR) is 104 cm³/mol. The predicted octanol–water partition coefficient (Wildman–Crippen LogP) is 4.55. The number of halogens is 1. The van der Waals surface area contributed by atoms with Crippen molar-refractivity contribution < 1.29 is 9.18 Å². The van der Waals surface area contributed by atoms with Crippen LogP contribution in [0.2, 0.25) is 0 Å². The Labute approximate surface area is 162 Å². The highest BCUT2D eigenvalue weighted by molar-refractivity contribution is 6.00. The van der Waals surface area contributed by atoms with E-state index in [4.69, 9.17) is 0 Å². The number of nitrogens with zero attached hydrogens (tertiary/aromatic N) is 2. The molecule has 2 aliphatic carbocycles. The lowest BCUT2D eigenvalue weighted by atomic mass is 9.63. The monoisotopic (exact) mass is 376 g/mol. The molecule has 0 atom stereocenters. The summed E-state index contributed by atoms with van der Waals surface area (Å²) >= 11 is 0. The molecule has 1 aromatic heterocycles. The number of rotatable bonds is 5. The summed E-state index contributed by atoms with van der Waals surface area (Å²) in [6.07, 6.45) is 4.79. The molecule has 0 radical (unpaired) electrons. The third-order valence-corrected chi connectivity index (χ3v) is 5.89. The van der Waals surface area contributed by atoms with Gasteiger partial charge in [-0.15, -0.1) is 0 Å². The number of amides is 1. The first-order valence-electron chi connectivity index (χ1n) is 9.74. The van der Waals surface area contributed by atoms with Crippen LogP contribution in [0.25, 0.3) is 11.4 Å². The van der Waals surface area contributed by atoms with Gasteiger partial charge in [0.15, 0.2) is 5.82 Å². The molecule has 2 aliphatic rings. The van der Waals surface area contributed by atoms with Crippen molar-refractivity contribution in [2.24, 2.45) is 0 Å². The van der Waals surface area contributed by atoms with Crippen LogP contribution in [0.5, 0.6) is 0 Å². The average molecular weight is 376 g/mol. The van der Waals surface area contributed by atoms with E-state index in [0.29, 0.717) is 11.7 Å². The molecule has 28 heavy (non-hydrogen) atoms. The van der Waals surface area contributed by atoms with Crippen molar-refractivity contribution in [2.75, 3.05) is 5.32 Å². The molecule has 2 saturated carbocycles. The van der Waals surface area contributed by atoms with Crippen molar-refractivity contribution in [1.82, 2.24) is 15.2 Å². The van der Waals surface area contributed by atoms with Gasteiger partial charge in [-0.1, -0.05) is 18.6 Å². The number of hydrogen-bond acceptors (Lipinski definition) is 3. The second-order valence-corrected chi connectivity index (χ2v) is 7.80. The number of anilines is 1. The number of benzene rings is 2. The number of H-pyrrole nitrogens is 1. The fourth-order valence-electron chi connectivity index (χ4n) is 3.86. The SMILES string of the molecule is O=C(Nc1ccc(-c2n[nH]c(C3CC3)n2)cc1)C1(c2cccc(F)c2)CCC1. The van der Waals surface area contributed by atoms with E-state index in [2.05, 4.69) is 20.5 Å². The van der Waals surface area contributed by atoms with E-state index < -0.39 is 5.41 Å². The number of aromatic amines is 1. The Hall–Kier alpha value is -3.02. The molecule has 1 heterocycles. The van der Waals surface area contributed by atoms with Crippen LogP contribution in [-0.4, -0.2) is 21.1 Å². The largest absolute Gasteiger partial charge is 0.325 e. The van der Waals surface area contributed by atoms with Crippen molar-refractivity contribution in [3.63, 3.8) is 0 Å². The second kappa shape index (κ2) is 6.55. The van der Waals surface area contributed by atoms with Gasteiger partial charge in [0.05, 0.1) is 5.41 Å². The van der Waals surface area contributed by atoms with E-state index in [0.717, 1.165) is 41.9 Å². The highest BCUT2D eigenvalue weighted by Gasteiger charge is 2.45. The van der Waals surface area contributed by atoms with E-state index >= 15 is 0 Å². The molecule has 0 aliphatic heterocycles. The van der Waals surface area contributed by atoms with Gasteiger partial charge in [0.1, 0.15) is 11.6 Å². The molecule has 2 aromatic carbocycles. The number of carbonyl (C=O) groups excluding carboxylic acids is 1. The molecule has 142 valence electrons. The summed E-state index contributed by atoms with van der Waals surface area (Å²) in [6.45, 7) is 0. The molecule has 6 heteroatoms. The minimum absolute atomic E-state index is 0.0778. The molecule has 0 spiro atoms. The quantitative estimate of drug-likeness (QED) is 0.686. The van der Waals surface area contributed by atoms with Crippen LogP contribution in [-0.2, 0) is 10.2 Å². The van der Waals surface area contributed by atoms with Crippen LogP contribution in [0, 0.1) is 5.82 Å². The van der Waals surface area contributed by atoms with Gasteiger partial charge in [0, 0.05) is 17.2 Å². The van der Waals surface area contributed by atoms with E-state index in [1.165, 1.54) is 25.0 Å². The van der Waals surface area contributed by atoms with Gasteiger partial charge < -0.3 is 5.32 Å². The fraction of sp³-hybridized carbons (Fsp3) is 0.318. The van der Waals surface area contributed by atoms with E-state index in [9.17, 15) is 9.18 Å². The molecule has 5 rings (SSSR count). The molecule has 5 nitrogen and oxygen atoms in total. The van der Waals surface area contributed by atoms with Gasteiger partial charge in [-0.3, -0.25) is 9.89 Å². The summed E-state index contributed by atoms with van der Waals surface area (Å²) in [4.78, 5) is 17.6. The van der Waals surface area contributed by atoms with E-state index in [1.54, 1.807) is 6.07 Å². The van der Waals surface area contributed by atoms with Crippen molar-refractivity contribution in [2.45, 2.75) is 43.4 Å².